The molecule has 1 aliphatic heterocycles. The molecule has 5 nitrogen and oxygen atoms in total. The summed E-state index contributed by atoms with van der Waals surface area (Å²) in [6, 6.07) is 5.97. The number of carbonyl (C=O) groups is 1. The van der Waals surface area contributed by atoms with E-state index in [1.54, 1.807) is 6.20 Å². The van der Waals surface area contributed by atoms with Crippen LogP contribution in [0.1, 0.15) is 36.4 Å². The van der Waals surface area contributed by atoms with Crippen LogP contribution in [0.4, 0.5) is 0 Å². The largest absolute Gasteiger partial charge is 0.342 e. The fourth-order valence-corrected chi connectivity index (χ4v) is 2.97. The van der Waals surface area contributed by atoms with E-state index in [-0.39, 0.29) is 5.91 Å². The molecule has 0 N–H and O–H groups in total. The first kappa shape index (κ1) is 14.6. The Morgan fingerprint density at radius 1 is 1.18 bits per heavy atom. The summed E-state index contributed by atoms with van der Waals surface area (Å²) in [7, 11) is 0. The van der Waals surface area contributed by atoms with Gasteiger partial charge < -0.3 is 4.90 Å². The quantitative estimate of drug-likeness (QED) is 0.868. The van der Waals surface area contributed by atoms with Crippen LogP contribution in [0.25, 0.3) is 0 Å². The molecule has 2 aromatic heterocycles. The van der Waals surface area contributed by atoms with Gasteiger partial charge in [-0.05, 0) is 43.0 Å². The van der Waals surface area contributed by atoms with Crippen molar-refractivity contribution in [3.63, 3.8) is 0 Å². The lowest BCUT2D eigenvalue weighted by molar-refractivity contribution is -0.132. The Hall–Kier alpha value is -2.30. The van der Waals surface area contributed by atoms with E-state index >= 15 is 0 Å². The summed E-state index contributed by atoms with van der Waals surface area (Å²) in [5.74, 6) is 0.650. The molecule has 5 heteroatoms. The highest BCUT2D eigenvalue weighted by atomic mass is 16.2. The second-order valence-corrected chi connectivity index (χ2v) is 5.66. The highest BCUT2D eigenvalue weighted by Gasteiger charge is 2.24. The first-order valence-electron chi connectivity index (χ1n) is 7.75. The summed E-state index contributed by atoms with van der Waals surface area (Å²) in [6.45, 7) is 1.68. The number of carbonyl (C=O) groups excluding carboxylic acids is 1. The molecule has 0 spiro atoms. The molecule has 3 rings (SSSR count). The van der Waals surface area contributed by atoms with Crippen molar-refractivity contribution in [2.24, 2.45) is 0 Å². The van der Waals surface area contributed by atoms with E-state index in [4.69, 9.17) is 0 Å². The predicted octanol–water partition coefficient (Wildman–Crippen LogP) is 2.21. The summed E-state index contributed by atoms with van der Waals surface area (Å²) in [5, 5.41) is 0. The number of pyridine rings is 1. The van der Waals surface area contributed by atoms with Gasteiger partial charge >= 0.3 is 0 Å². The van der Waals surface area contributed by atoms with Gasteiger partial charge in [0.15, 0.2) is 0 Å². The average molecular weight is 296 g/mol. The van der Waals surface area contributed by atoms with Crippen LogP contribution in [0.3, 0.4) is 0 Å². The Balaban J connectivity index is 1.56. The van der Waals surface area contributed by atoms with Crippen LogP contribution in [-0.2, 0) is 11.2 Å². The van der Waals surface area contributed by atoms with E-state index in [1.165, 1.54) is 11.9 Å². The molecular weight excluding hydrogens is 276 g/mol. The Kier molecular flexibility index (Phi) is 4.73. The molecule has 3 heterocycles. The summed E-state index contributed by atoms with van der Waals surface area (Å²) in [6.07, 6.45) is 10.3. The monoisotopic (exact) mass is 296 g/mol. The molecular formula is C17H20N4O. The molecule has 0 aromatic carbocycles. The summed E-state index contributed by atoms with van der Waals surface area (Å²) < 4.78 is 0. The van der Waals surface area contributed by atoms with Gasteiger partial charge in [0, 0.05) is 49.7 Å². The van der Waals surface area contributed by atoms with Gasteiger partial charge in [0.1, 0.15) is 6.33 Å². The van der Waals surface area contributed by atoms with E-state index in [9.17, 15) is 4.79 Å². The molecule has 0 bridgehead atoms. The van der Waals surface area contributed by atoms with Crippen molar-refractivity contribution in [2.75, 3.05) is 13.1 Å². The zero-order chi connectivity index (χ0) is 15.2. The number of hydrogen-bond donors (Lipinski definition) is 0. The maximum Gasteiger partial charge on any atom is 0.222 e. The first-order valence-corrected chi connectivity index (χ1v) is 7.75. The second kappa shape index (κ2) is 7.11. The minimum Gasteiger partial charge on any atom is -0.342 e. The number of hydrogen-bond acceptors (Lipinski definition) is 4. The van der Waals surface area contributed by atoms with E-state index < -0.39 is 0 Å². The van der Waals surface area contributed by atoms with Crippen LogP contribution in [0.5, 0.6) is 0 Å². The molecule has 0 saturated carbocycles. The zero-order valence-electron chi connectivity index (χ0n) is 12.6. The smallest absolute Gasteiger partial charge is 0.222 e. The highest BCUT2D eigenvalue weighted by molar-refractivity contribution is 5.76. The van der Waals surface area contributed by atoms with Crippen molar-refractivity contribution >= 4 is 5.91 Å². The first-order chi connectivity index (χ1) is 10.8. The lowest BCUT2D eigenvalue weighted by Crippen LogP contribution is -2.39. The molecule has 0 radical (unpaired) electrons. The summed E-state index contributed by atoms with van der Waals surface area (Å²) in [5.41, 5.74) is 2.20. The Morgan fingerprint density at radius 2 is 2.00 bits per heavy atom. The van der Waals surface area contributed by atoms with E-state index in [2.05, 4.69) is 27.1 Å². The molecule has 1 aliphatic rings. The van der Waals surface area contributed by atoms with Crippen molar-refractivity contribution in [1.29, 1.82) is 0 Å². The number of aryl methyl sites for hydroxylation is 1. The average Bonchev–Trinajstić information content (AvgIpc) is 2.61. The van der Waals surface area contributed by atoms with Gasteiger partial charge in [0.25, 0.3) is 0 Å². The Labute approximate surface area is 130 Å². The number of piperidine rings is 1. The van der Waals surface area contributed by atoms with Crippen LogP contribution in [-0.4, -0.2) is 38.8 Å². The van der Waals surface area contributed by atoms with Crippen LogP contribution in [0.2, 0.25) is 0 Å². The molecule has 114 valence electrons. The number of aromatic nitrogens is 3. The maximum absolute atomic E-state index is 12.4. The van der Waals surface area contributed by atoms with Gasteiger partial charge in [-0.3, -0.25) is 9.78 Å². The Morgan fingerprint density at radius 3 is 2.77 bits per heavy atom. The molecule has 0 aliphatic carbocycles. The zero-order valence-corrected chi connectivity index (χ0v) is 12.6. The summed E-state index contributed by atoms with van der Waals surface area (Å²) in [4.78, 5) is 26.5. The van der Waals surface area contributed by atoms with Gasteiger partial charge in [-0.2, -0.15) is 0 Å². The van der Waals surface area contributed by atoms with Crippen LogP contribution in [0.15, 0.2) is 43.1 Å². The van der Waals surface area contributed by atoms with E-state index in [0.717, 1.165) is 31.6 Å². The lowest BCUT2D eigenvalue weighted by Gasteiger charge is -2.33. The molecule has 1 atom stereocenters. The Bertz CT molecular complexity index is 603. The molecule has 2 aromatic rings. The third kappa shape index (κ3) is 3.67. The van der Waals surface area contributed by atoms with Crippen molar-refractivity contribution in [1.82, 2.24) is 19.9 Å². The second-order valence-electron chi connectivity index (χ2n) is 5.66. The fraction of sp³-hybridized carbons (Fsp3) is 0.412. The minimum absolute atomic E-state index is 0.220. The fourth-order valence-electron chi connectivity index (χ4n) is 2.97. The van der Waals surface area contributed by atoms with Gasteiger partial charge in [0.2, 0.25) is 5.91 Å². The summed E-state index contributed by atoms with van der Waals surface area (Å²) >= 11 is 0. The van der Waals surface area contributed by atoms with Crippen LogP contribution >= 0.6 is 0 Å². The third-order valence-electron chi connectivity index (χ3n) is 4.19. The normalized spacial score (nSPS) is 18.2. The molecule has 1 unspecified atom stereocenters. The van der Waals surface area contributed by atoms with E-state index in [1.807, 2.05) is 23.4 Å². The van der Waals surface area contributed by atoms with Gasteiger partial charge in [-0.25, -0.2) is 9.97 Å². The van der Waals surface area contributed by atoms with Crippen molar-refractivity contribution < 1.29 is 4.79 Å². The van der Waals surface area contributed by atoms with E-state index in [0.29, 0.717) is 18.8 Å². The molecule has 1 fully saturated rings. The molecule has 1 amide bonds. The highest BCUT2D eigenvalue weighted by Crippen LogP contribution is 2.26. The minimum atomic E-state index is 0.220. The topological polar surface area (TPSA) is 59.0 Å². The van der Waals surface area contributed by atoms with Crippen LogP contribution < -0.4 is 0 Å². The lowest BCUT2D eigenvalue weighted by atomic mass is 9.91. The number of nitrogens with zero attached hydrogens (tertiary/aromatic N) is 4. The SMILES string of the molecule is O=C(CCc1ccncn1)N1CCCC(c2ccncc2)C1. The standard InChI is InChI=1S/C17H20N4O/c22-17(4-3-16-7-10-19-13-20-16)21-11-1-2-15(12-21)14-5-8-18-9-6-14/h5-10,13,15H,1-4,11-12H2. The van der Waals surface area contributed by atoms with Gasteiger partial charge in [-0.1, -0.05) is 0 Å². The number of likely N-dealkylation sites (tertiary alicyclic amines) is 1. The van der Waals surface area contributed by atoms with Crippen molar-refractivity contribution in [2.45, 2.75) is 31.6 Å². The van der Waals surface area contributed by atoms with Crippen LogP contribution in [0, 0.1) is 0 Å². The van der Waals surface area contributed by atoms with Crippen molar-refractivity contribution in [3.8, 4) is 0 Å². The van der Waals surface area contributed by atoms with Gasteiger partial charge in [0.05, 0.1) is 0 Å². The predicted molar refractivity (Wildman–Crippen MR) is 83.1 cm³/mol. The molecule has 1 saturated heterocycles. The number of rotatable bonds is 4. The maximum atomic E-state index is 12.4. The van der Waals surface area contributed by atoms with Gasteiger partial charge in [-0.15, -0.1) is 0 Å². The number of amides is 1. The molecule has 22 heavy (non-hydrogen) atoms. The third-order valence-corrected chi connectivity index (χ3v) is 4.19. The van der Waals surface area contributed by atoms with Crippen molar-refractivity contribution in [3.05, 3.63) is 54.4 Å².